The highest BCUT2D eigenvalue weighted by Gasteiger charge is 2.33. The highest BCUT2D eigenvalue weighted by molar-refractivity contribution is 5.96. The number of benzene rings is 1. The summed E-state index contributed by atoms with van der Waals surface area (Å²) in [6.07, 6.45) is 4.03. The van der Waals surface area contributed by atoms with Crippen molar-refractivity contribution >= 4 is 23.4 Å². The second-order valence-electron chi connectivity index (χ2n) is 4.65. The molecule has 4 heteroatoms. The van der Waals surface area contributed by atoms with Crippen LogP contribution in [0.4, 0.5) is 11.4 Å². The number of carboxylic acid groups (broad SMARTS) is 1. The zero-order valence-electron chi connectivity index (χ0n) is 9.39. The average molecular weight is 230 g/mol. The number of aliphatic carboxylic acids is 1. The maximum absolute atomic E-state index is 11.1. The molecule has 0 radical (unpaired) electrons. The fourth-order valence-corrected chi connectivity index (χ4v) is 2.27. The van der Waals surface area contributed by atoms with Gasteiger partial charge in [-0.1, -0.05) is 6.07 Å². The molecule has 17 heavy (non-hydrogen) atoms. The summed E-state index contributed by atoms with van der Waals surface area (Å²) in [4.78, 5) is 13.3. The summed E-state index contributed by atoms with van der Waals surface area (Å²) in [6, 6.07) is 6.12. The molecule has 0 spiro atoms. The fraction of sp³-hybridized carbons (Fsp3) is 0.308. The minimum Gasteiger partial charge on any atom is -0.478 e. The summed E-state index contributed by atoms with van der Waals surface area (Å²) in [5, 5.41) is 9.12. The number of nitrogens with zero attached hydrogens (tertiary/aromatic N) is 1. The summed E-state index contributed by atoms with van der Waals surface area (Å²) in [5.74, 6) is -0.835. The zero-order chi connectivity index (χ0) is 12.0. The number of rotatable bonds is 2. The largest absolute Gasteiger partial charge is 0.478 e. The van der Waals surface area contributed by atoms with E-state index in [2.05, 4.69) is 4.90 Å². The van der Waals surface area contributed by atoms with E-state index in [1.807, 2.05) is 18.2 Å². The third-order valence-electron chi connectivity index (χ3n) is 3.30. The highest BCUT2D eigenvalue weighted by Crippen LogP contribution is 2.38. The van der Waals surface area contributed by atoms with E-state index in [-0.39, 0.29) is 0 Å². The van der Waals surface area contributed by atoms with Crippen LogP contribution >= 0.6 is 0 Å². The van der Waals surface area contributed by atoms with Gasteiger partial charge in [-0.2, -0.15) is 0 Å². The minimum absolute atomic E-state index is 0.453. The van der Waals surface area contributed by atoms with Crippen molar-refractivity contribution in [3.8, 4) is 0 Å². The molecule has 1 aliphatic heterocycles. The molecule has 1 aliphatic carbocycles. The van der Waals surface area contributed by atoms with Crippen molar-refractivity contribution in [3.63, 3.8) is 0 Å². The maximum Gasteiger partial charge on any atom is 0.333 e. The number of hydrogen-bond donors (Lipinski definition) is 2. The van der Waals surface area contributed by atoms with Gasteiger partial charge in [0.1, 0.15) is 0 Å². The molecule has 88 valence electrons. The van der Waals surface area contributed by atoms with Crippen LogP contribution in [0.1, 0.15) is 18.4 Å². The van der Waals surface area contributed by atoms with Crippen molar-refractivity contribution in [2.45, 2.75) is 18.9 Å². The fourth-order valence-electron chi connectivity index (χ4n) is 2.27. The van der Waals surface area contributed by atoms with Crippen molar-refractivity contribution in [1.29, 1.82) is 0 Å². The Morgan fingerprint density at radius 1 is 1.41 bits per heavy atom. The van der Waals surface area contributed by atoms with E-state index in [4.69, 9.17) is 10.8 Å². The van der Waals surface area contributed by atoms with E-state index in [1.54, 1.807) is 6.08 Å². The molecular weight excluding hydrogens is 216 g/mol. The second-order valence-corrected chi connectivity index (χ2v) is 4.65. The third-order valence-corrected chi connectivity index (χ3v) is 3.30. The van der Waals surface area contributed by atoms with E-state index in [1.165, 1.54) is 0 Å². The molecule has 0 saturated heterocycles. The first-order valence-electron chi connectivity index (χ1n) is 5.75. The van der Waals surface area contributed by atoms with E-state index < -0.39 is 5.97 Å². The number of nitrogens with two attached hydrogens (primary N) is 1. The average Bonchev–Trinajstić information content (AvgIpc) is 3.11. The van der Waals surface area contributed by atoms with Crippen LogP contribution in [0, 0.1) is 0 Å². The molecule has 1 fully saturated rings. The predicted octanol–water partition coefficient (Wildman–Crippen LogP) is 1.72. The molecule has 1 heterocycles. The SMILES string of the molecule is Nc1ccc2c(c1)N(C1CC1)CC(C(=O)O)=C2. The van der Waals surface area contributed by atoms with E-state index in [0.717, 1.165) is 29.8 Å². The molecule has 0 unspecified atom stereocenters. The van der Waals surface area contributed by atoms with Crippen LogP contribution in [0.3, 0.4) is 0 Å². The summed E-state index contributed by atoms with van der Waals surface area (Å²) < 4.78 is 0. The number of carboxylic acids is 1. The monoisotopic (exact) mass is 230 g/mol. The van der Waals surface area contributed by atoms with Gasteiger partial charge in [-0.15, -0.1) is 0 Å². The Balaban J connectivity index is 2.08. The lowest BCUT2D eigenvalue weighted by molar-refractivity contribution is -0.132. The molecule has 0 aromatic heterocycles. The van der Waals surface area contributed by atoms with Crippen LogP contribution in [0.25, 0.3) is 6.08 Å². The molecule has 1 saturated carbocycles. The van der Waals surface area contributed by atoms with Crippen LogP contribution in [0.2, 0.25) is 0 Å². The van der Waals surface area contributed by atoms with Crippen LogP contribution < -0.4 is 10.6 Å². The van der Waals surface area contributed by atoms with Gasteiger partial charge in [0.05, 0.1) is 12.1 Å². The van der Waals surface area contributed by atoms with Crippen molar-refractivity contribution < 1.29 is 9.90 Å². The lowest BCUT2D eigenvalue weighted by atomic mass is 10.0. The van der Waals surface area contributed by atoms with Crippen molar-refractivity contribution in [1.82, 2.24) is 0 Å². The Hall–Kier alpha value is -1.97. The number of nitrogen functional groups attached to an aromatic ring is 1. The second kappa shape index (κ2) is 3.52. The molecule has 2 aliphatic rings. The van der Waals surface area contributed by atoms with Gasteiger partial charge >= 0.3 is 5.97 Å². The standard InChI is InChI=1S/C13H14N2O2/c14-10-2-1-8-5-9(13(16)17)7-15(11-3-4-11)12(8)6-10/h1-2,5-6,11H,3-4,7,14H2,(H,16,17). The van der Waals surface area contributed by atoms with Gasteiger partial charge in [-0.05, 0) is 36.6 Å². The van der Waals surface area contributed by atoms with Crippen molar-refractivity contribution in [3.05, 3.63) is 29.3 Å². The molecule has 0 bridgehead atoms. The molecule has 3 N–H and O–H groups in total. The van der Waals surface area contributed by atoms with E-state index in [0.29, 0.717) is 18.2 Å². The predicted molar refractivity (Wildman–Crippen MR) is 66.8 cm³/mol. The van der Waals surface area contributed by atoms with Gasteiger partial charge in [-0.25, -0.2) is 4.79 Å². The number of anilines is 2. The summed E-state index contributed by atoms with van der Waals surface area (Å²) in [6.45, 7) is 0.483. The zero-order valence-corrected chi connectivity index (χ0v) is 9.39. The molecular formula is C13H14N2O2. The van der Waals surface area contributed by atoms with Crippen molar-refractivity contribution in [2.75, 3.05) is 17.2 Å². The Morgan fingerprint density at radius 2 is 2.18 bits per heavy atom. The lowest BCUT2D eigenvalue weighted by Crippen LogP contribution is -2.33. The Bertz CT molecular complexity index is 518. The normalized spacial score (nSPS) is 18.6. The number of fused-ring (bicyclic) bond motifs is 1. The van der Waals surface area contributed by atoms with Crippen LogP contribution in [0.15, 0.2) is 23.8 Å². The van der Waals surface area contributed by atoms with Gasteiger partial charge in [0.25, 0.3) is 0 Å². The van der Waals surface area contributed by atoms with Gasteiger partial charge in [0, 0.05) is 17.4 Å². The molecule has 0 atom stereocenters. The minimum atomic E-state index is -0.835. The smallest absolute Gasteiger partial charge is 0.333 e. The number of carbonyl (C=O) groups is 1. The van der Waals surface area contributed by atoms with E-state index in [9.17, 15) is 4.79 Å². The van der Waals surface area contributed by atoms with Gasteiger partial charge in [-0.3, -0.25) is 0 Å². The molecule has 0 amide bonds. The first-order valence-corrected chi connectivity index (χ1v) is 5.75. The van der Waals surface area contributed by atoms with Gasteiger partial charge in [0.15, 0.2) is 0 Å². The Kier molecular flexibility index (Phi) is 2.11. The van der Waals surface area contributed by atoms with Crippen LogP contribution in [-0.2, 0) is 4.79 Å². The van der Waals surface area contributed by atoms with Crippen LogP contribution in [0.5, 0.6) is 0 Å². The summed E-state index contributed by atoms with van der Waals surface area (Å²) >= 11 is 0. The topological polar surface area (TPSA) is 66.6 Å². The molecule has 4 nitrogen and oxygen atoms in total. The molecule has 3 rings (SSSR count). The van der Waals surface area contributed by atoms with Gasteiger partial charge in [0.2, 0.25) is 0 Å². The highest BCUT2D eigenvalue weighted by atomic mass is 16.4. The summed E-state index contributed by atoms with van der Waals surface area (Å²) in [5.41, 5.74) is 8.99. The quantitative estimate of drug-likeness (QED) is 0.759. The first-order chi connectivity index (χ1) is 8.15. The van der Waals surface area contributed by atoms with Crippen LogP contribution in [-0.4, -0.2) is 23.7 Å². The van der Waals surface area contributed by atoms with Crippen molar-refractivity contribution in [2.24, 2.45) is 0 Å². The lowest BCUT2D eigenvalue weighted by Gasteiger charge is -2.30. The Labute approximate surface area is 99.3 Å². The third kappa shape index (κ3) is 1.75. The molecule has 1 aromatic carbocycles. The van der Waals surface area contributed by atoms with E-state index >= 15 is 0 Å². The van der Waals surface area contributed by atoms with Gasteiger partial charge < -0.3 is 15.7 Å². The maximum atomic E-state index is 11.1. The first kappa shape index (κ1) is 10.2. The molecule has 1 aromatic rings. The number of hydrogen-bond acceptors (Lipinski definition) is 3. The summed E-state index contributed by atoms with van der Waals surface area (Å²) in [7, 11) is 0. The Morgan fingerprint density at radius 3 is 2.82 bits per heavy atom.